The highest BCUT2D eigenvalue weighted by Crippen LogP contribution is 2.16. The van der Waals surface area contributed by atoms with E-state index in [0.717, 1.165) is 92.3 Å². The Hall–Kier alpha value is -1.96. The number of hydrogen-bond acceptors (Lipinski definition) is 4. The zero-order valence-electron chi connectivity index (χ0n) is 18.2. The molecule has 1 aliphatic heterocycles. The Bertz CT molecular complexity index is 892. The zero-order chi connectivity index (χ0) is 21.3. The van der Waals surface area contributed by atoms with Crippen LogP contribution in [0.15, 0.2) is 29.1 Å². The average molecular weight is 431 g/mol. The third kappa shape index (κ3) is 6.27. The molecule has 1 aliphatic rings. The van der Waals surface area contributed by atoms with Gasteiger partial charge in [0.25, 0.3) is 5.56 Å². The molecule has 1 aromatic carbocycles. The lowest BCUT2D eigenvalue weighted by Crippen LogP contribution is -2.43. The average Bonchev–Trinajstić information content (AvgIpc) is 2.75. The maximum Gasteiger partial charge on any atom is 0.253 e. The number of nitrogens with zero attached hydrogens (tertiary/aromatic N) is 2. The van der Waals surface area contributed by atoms with Crippen LogP contribution < -0.4 is 10.9 Å². The number of aromatic nitrogens is 1. The number of fused-ring (bicyclic) bond motifs is 1. The first kappa shape index (κ1) is 22.7. The summed E-state index contributed by atoms with van der Waals surface area (Å²) in [5.41, 5.74) is 2.70. The van der Waals surface area contributed by atoms with Crippen LogP contribution >= 0.6 is 12.2 Å². The van der Waals surface area contributed by atoms with Crippen LogP contribution in [0.1, 0.15) is 37.3 Å². The van der Waals surface area contributed by atoms with E-state index in [9.17, 15) is 4.79 Å². The molecule has 2 aromatic rings. The number of unbranched alkanes of at least 4 members (excludes halogenated alkanes) is 1. The molecule has 0 radical (unpaired) electrons. The van der Waals surface area contributed by atoms with Gasteiger partial charge in [-0.2, -0.15) is 0 Å². The second kappa shape index (κ2) is 11.4. The van der Waals surface area contributed by atoms with Crippen molar-refractivity contribution in [3.05, 3.63) is 45.7 Å². The minimum absolute atomic E-state index is 0.0358. The maximum atomic E-state index is 12.8. The minimum Gasteiger partial charge on any atom is -0.379 e. The summed E-state index contributed by atoms with van der Waals surface area (Å²) in [6.45, 7) is 11.0. The van der Waals surface area contributed by atoms with E-state index >= 15 is 0 Å². The normalized spacial score (nSPS) is 14.7. The third-order valence-corrected chi connectivity index (χ3v) is 6.03. The summed E-state index contributed by atoms with van der Waals surface area (Å²) in [7, 11) is 0. The van der Waals surface area contributed by atoms with E-state index in [1.54, 1.807) is 0 Å². The number of nitrogens with one attached hydrogen (secondary N) is 2. The summed E-state index contributed by atoms with van der Waals surface area (Å²) in [5, 5.41) is 5.16. The van der Waals surface area contributed by atoms with E-state index in [1.807, 2.05) is 31.2 Å². The third-order valence-electron chi connectivity index (χ3n) is 5.63. The molecule has 30 heavy (non-hydrogen) atoms. The SMILES string of the molecule is CCCCNC(=S)N(CCCN1CCOCC1)Cc1cc2cccc(C)c2[nH]c1=O. The highest BCUT2D eigenvalue weighted by atomic mass is 32.1. The van der Waals surface area contributed by atoms with Crippen molar-refractivity contribution in [3.63, 3.8) is 0 Å². The Morgan fingerprint density at radius 3 is 2.87 bits per heavy atom. The van der Waals surface area contributed by atoms with E-state index < -0.39 is 0 Å². The lowest BCUT2D eigenvalue weighted by atomic mass is 10.1. The molecular formula is C23H34N4O2S. The molecule has 0 aliphatic carbocycles. The fourth-order valence-corrected chi connectivity index (χ4v) is 4.06. The molecule has 0 spiro atoms. The summed E-state index contributed by atoms with van der Waals surface area (Å²) in [4.78, 5) is 20.4. The van der Waals surface area contributed by atoms with Crippen LogP contribution in [0.3, 0.4) is 0 Å². The molecule has 164 valence electrons. The number of thiocarbonyl (C=S) groups is 1. The van der Waals surface area contributed by atoms with Gasteiger partial charge in [0.2, 0.25) is 0 Å². The number of benzene rings is 1. The van der Waals surface area contributed by atoms with Crippen molar-refractivity contribution in [1.29, 1.82) is 0 Å². The molecule has 3 rings (SSSR count). The second-order valence-corrected chi connectivity index (χ2v) is 8.36. The molecule has 7 heteroatoms. The molecule has 0 unspecified atom stereocenters. The Morgan fingerprint density at radius 1 is 1.30 bits per heavy atom. The van der Waals surface area contributed by atoms with Crippen LogP contribution in [0, 0.1) is 6.92 Å². The lowest BCUT2D eigenvalue weighted by molar-refractivity contribution is 0.0367. The van der Waals surface area contributed by atoms with Crippen molar-refractivity contribution in [2.75, 3.05) is 45.9 Å². The van der Waals surface area contributed by atoms with Crippen LogP contribution in [-0.2, 0) is 11.3 Å². The van der Waals surface area contributed by atoms with Gasteiger partial charge in [-0.05, 0) is 49.0 Å². The first-order valence-corrected chi connectivity index (χ1v) is 11.4. The molecule has 0 saturated carbocycles. The molecule has 1 saturated heterocycles. The van der Waals surface area contributed by atoms with Gasteiger partial charge in [-0.1, -0.05) is 31.5 Å². The molecule has 0 bridgehead atoms. The second-order valence-electron chi connectivity index (χ2n) is 7.98. The molecule has 6 nitrogen and oxygen atoms in total. The van der Waals surface area contributed by atoms with Gasteiger partial charge in [-0.25, -0.2) is 0 Å². The van der Waals surface area contributed by atoms with Gasteiger partial charge in [0.05, 0.1) is 25.3 Å². The number of aryl methyl sites for hydroxylation is 1. The van der Waals surface area contributed by atoms with Crippen LogP contribution in [0.4, 0.5) is 0 Å². The maximum absolute atomic E-state index is 12.8. The summed E-state index contributed by atoms with van der Waals surface area (Å²) < 4.78 is 5.43. The van der Waals surface area contributed by atoms with Gasteiger partial charge in [-0.3, -0.25) is 9.69 Å². The number of rotatable bonds is 9. The Kier molecular flexibility index (Phi) is 8.66. The number of aromatic amines is 1. The van der Waals surface area contributed by atoms with Crippen LogP contribution in [-0.4, -0.2) is 65.8 Å². The van der Waals surface area contributed by atoms with Crippen molar-refractivity contribution >= 4 is 28.2 Å². The van der Waals surface area contributed by atoms with Crippen molar-refractivity contribution in [2.45, 2.75) is 39.7 Å². The van der Waals surface area contributed by atoms with Crippen molar-refractivity contribution in [2.24, 2.45) is 0 Å². The zero-order valence-corrected chi connectivity index (χ0v) is 19.0. The largest absolute Gasteiger partial charge is 0.379 e. The fourth-order valence-electron chi connectivity index (χ4n) is 3.80. The van der Waals surface area contributed by atoms with Crippen molar-refractivity contribution < 1.29 is 4.74 Å². The molecule has 0 amide bonds. The highest BCUT2D eigenvalue weighted by Gasteiger charge is 2.15. The number of hydrogen-bond donors (Lipinski definition) is 2. The smallest absolute Gasteiger partial charge is 0.253 e. The van der Waals surface area contributed by atoms with Crippen LogP contribution in [0.5, 0.6) is 0 Å². The number of morpholine rings is 1. The molecular weight excluding hydrogens is 396 g/mol. The van der Waals surface area contributed by atoms with Gasteiger partial charge in [-0.15, -0.1) is 0 Å². The predicted octanol–water partition coefficient (Wildman–Crippen LogP) is 3.04. The summed E-state index contributed by atoms with van der Waals surface area (Å²) >= 11 is 5.69. The van der Waals surface area contributed by atoms with Gasteiger partial charge >= 0.3 is 0 Å². The summed E-state index contributed by atoms with van der Waals surface area (Å²) in [5.74, 6) is 0. The summed E-state index contributed by atoms with van der Waals surface area (Å²) in [6.07, 6.45) is 3.20. The van der Waals surface area contributed by atoms with E-state index in [0.29, 0.717) is 6.54 Å². The minimum atomic E-state index is -0.0358. The highest BCUT2D eigenvalue weighted by molar-refractivity contribution is 7.80. The molecule has 1 aromatic heterocycles. The number of ether oxygens (including phenoxy) is 1. The van der Waals surface area contributed by atoms with Crippen molar-refractivity contribution in [3.8, 4) is 0 Å². The number of H-pyrrole nitrogens is 1. The van der Waals surface area contributed by atoms with Gasteiger partial charge in [0.1, 0.15) is 0 Å². The molecule has 2 heterocycles. The summed E-state index contributed by atoms with van der Waals surface area (Å²) in [6, 6.07) is 8.09. The number of para-hydroxylation sites is 1. The van der Waals surface area contributed by atoms with E-state index in [2.05, 4.69) is 27.0 Å². The predicted molar refractivity (Wildman–Crippen MR) is 127 cm³/mol. The van der Waals surface area contributed by atoms with Gasteiger partial charge in [0, 0.05) is 38.3 Å². The van der Waals surface area contributed by atoms with Gasteiger partial charge in [0.15, 0.2) is 5.11 Å². The molecule has 0 atom stereocenters. The van der Waals surface area contributed by atoms with Crippen LogP contribution in [0.2, 0.25) is 0 Å². The number of pyridine rings is 1. The van der Waals surface area contributed by atoms with Crippen LogP contribution in [0.25, 0.3) is 10.9 Å². The van der Waals surface area contributed by atoms with E-state index in [4.69, 9.17) is 17.0 Å². The Morgan fingerprint density at radius 2 is 2.10 bits per heavy atom. The standard InChI is InChI=1S/C23H34N4O2S/c1-3-4-9-24-23(30)27(11-6-10-26-12-14-29-15-13-26)17-20-16-19-8-5-7-18(2)21(19)25-22(20)28/h5,7-8,16H,3-4,6,9-15,17H2,1-2H3,(H,24,30)(H,25,28). The quantitative estimate of drug-likeness (QED) is 0.471. The lowest BCUT2D eigenvalue weighted by Gasteiger charge is -2.29. The molecule has 1 fully saturated rings. The van der Waals surface area contributed by atoms with E-state index in [-0.39, 0.29) is 5.56 Å². The molecule has 2 N–H and O–H groups in total. The Labute approximate surface area is 184 Å². The van der Waals surface area contributed by atoms with Crippen molar-refractivity contribution in [1.82, 2.24) is 20.1 Å². The first-order valence-electron chi connectivity index (χ1n) is 11.0. The Balaban J connectivity index is 1.70. The fraction of sp³-hybridized carbons (Fsp3) is 0.565. The van der Waals surface area contributed by atoms with E-state index in [1.165, 1.54) is 0 Å². The van der Waals surface area contributed by atoms with Gasteiger partial charge < -0.3 is 19.9 Å². The monoisotopic (exact) mass is 430 g/mol. The topological polar surface area (TPSA) is 60.6 Å². The first-order chi connectivity index (χ1) is 14.6.